The van der Waals surface area contributed by atoms with Crippen LogP contribution in [0.3, 0.4) is 0 Å². The number of aliphatic imine (C=N–C) groups is 1. The molecule has 0 aliphatic rings. The van der Waals surface area contributed by atoms with Crippen LogP contribution < -0.4 is 10.6 Å². The maximum Gasteiger partial charge on any atom is 0.421 e. The standard InChI is InChI=1S/C25H21F6N3O3/c1-16(32-15-19-13-8-14-37-19)20(22(36)33-18-11-6-3-7-12-18)23(24(26,27)28,25(29,30)31)34-21(35)17-9-4-2-5-10-17/h2-14,20H,15H2,1H3,(H,33,36)(H,34,35)/t20-/m1/s1. The third-order valence-corrected chi connectivity index (χ3v) is 5.46. The predicted octanol–water partition coefficient (Wildman–Crippen LogP) is 5.79. The average Bonchev–Trinajstić information content (AvgIpc) is 3.35. The summed E-state index contributed by atoms with van der Waals surface area (Å²) in [6.07, 6.45) is -11.1. The fraction of sp³-hybridized carbons (Fsp3) is 0.240. The Morgan fingerprint density at radius 2 is 1.43 bits per heavy atom. The van der Waals surface area contributed by atoms with E-state index in [2.05, 4.69) is 10.3 Å². The molecule has 2 aromatic carbocycles. The Kier molecular flexibility index (Phi) is 8.09. The number of furan rings is 1. The van der Waals surface area contributed by atoms with Gasteiger partial charge in [-0.15, -0.1) is 0 Å². The summed E-state index contributed by atoms with van der Waals surface area (Å²) >= 11 is 0. The van der Waals surface area contributed by atoms with E-state index < -0.39 is 53.4 Å². The molecule has 0 unspecified atom stereocenters. The number of rotatable bonds is 8. The van der Waals surface area contributed by atoms with Crippen molar-refractivity contribution in [2.24, 2.45) is 10.9 Å². The molecule has 0 saturated carbocycles. The molecule has 6 nitrogen and oxygen atoms in total. The van der Waals surface area contributed by atoms with Crippen LogP contribution in [0.5, 0.6) is 0 Å². The van der Waals surface area contributed by atoms with Gasteiger partial charge in [0.1, 0.15) is 11.7 Å². The third-order valence-electron chi connectivity index (χ3n) is 5.46. The molecule has 37 heavy (non-hydrogen) atoms. The Morgan fingerprint density at radius 3 is 1.95 bits per heavy atom. The molecule has 3 aromatic rings. The summed E-state index contributed by atoms with van der Waals surface area (Å²) in [6, 6.07) is 15.9. The smallest absolute Gasteiger partial charge is 0.421 e. The number of anilines is 1. The second-order valence-electron chi connectivity index (χ2n) is 7.95. The van der Waals surface area contributed by atoms with Crippen LogP contribution in [-0.4, -0.2) is 35.4 Å². The fourth-order valence-corrected chi connectivity index (χ4v) is 3.67. The summed E-state index contributed by atoms with van der Waals surface area (Å²) in [7, 11) is 0. The fourth-order valence-electron chi connectivity index (χ4n) is 3.67. The zero-order valence-electron chi connectivity index (χ0n) is 19.2. The van der Waals surface area contributed by atoms with Gasteiger partial charge in [-0.1, -0.05) is 36.4 Å². The zero-order chi connectivity index (χ0) is 27.3. The number of benzene rings is 2. The number of amides is 2. The Labute approximate surface area is 207 Å². The molecule has 0 saturated heterocycles. The molecule has 0 bridgehead atoms. The summed E-state index contributed by atoms with van der Waals surface area (Å²) in [5, 5.41) is 3.20. The maximum atomic E-state index is 14.6. The van der Waals surface area contributed by atoms with Crippen LogP contribution in [0.4, 0.5) is 32.0 Å². The van der Waals surface area contributed by atoms with Crippen LogP contribution in [0, 0.1) is 5.92 Å². The molecule has 1 atom stereocenters. The first-order valence-electron chi connectivity index (χ1n) is 10.8. The van der Waals surface area contributed by atoms with Crippen LogP contribution in [0.1, 0.15) is 23.0 Å². The summed E-state index contributed by atoms with van der Waals surface area (Å²) in [4.78, 5) is 29.7. The van der Waals surface area contributed by atoms with E-state index in [1.54, 1.807) is 6.07 Å². The van der Waals surface area contributed by atoms with Crippen molar-refractivity contribution < 1.29 is 40.3 Å². The van der Waals surface area contributed by atoms with Crippen molar-refractivity contribution in [3.8, 4) is 0 Å². The first-order valence-corrected chi connectivity index (χ1v) is 10.8. The normalized spacial score (nSPS) is 13.6. The molecule has 2 N–H and O–H groups in total. The molecule has 0 radical (unpaired) electrons. The largest absolute Gasteiger partial charge is 0.467 e. The molecule has 0 fully saturated rings. The molecule has 3 rings (SSSR count). The molecular formula is C25H21F6N3O3. The summed E-state index contributed by atoms with van der Waals surface area (Å²) in [6.45, 7) is 0.422. The van der Waals surface area contributed by atoms with Crippen molar-refractivity contribution in [2.75, 3.05) is 5.32 Å². The highest BCUT2D eigenvalue weighted by atomic mass is 19.4. The van der Waals surface area contributed by atoms with Crippen molar-refractivity contribution in [3.05, 3.63) is 90.4 Å². The number of carbonyl (C=O) groups excluding carboxylic acids is 2. The SMILES string of the molecule is CC(=NCc1ccco1)[C@H](C(=O)Nc1ccccc1)C(NC(=O)c1ccccc1)(C(F)(F)F)C(F)(F)F. The number of carbonyl (C=O) groups is 2. The highest BCUT2D eigenvalue weighted by Crippen LogP contribution is 2.49. The van der Waals surface area contributed by atoms with Crippen LogP contribution >= 0.6 is 0 Å². The number of nitrogens with zero attached hydrogens (tertiary/aromatic N) is 1. The average molecular weight is 525 g/mol. The van der Waals surface area contributed by atoms with Gasteiger partial charge in [0.15, 0.2) is 0 Å². The molecule has 2 amide bonds. The maximum absolute atomic E-state index is 14.6. The molecule has 1 heterocycles. The Bertz CT molecular complexity index is 1210. The van der Waals surface area contributed by atoms with Gasteiger partial charge in [0.05, 0.1) is 12.8 Å². The minimum atomic E-state index is -6.17. The van der Waals surface area contributed by atoms with E-state index in [0.717, 1.165) is 24.4 Å². The van der Waals surface area contributed by atoms with Crippen LogP contribution in [-0.2, 0) is 11.3 Å². The van der Waals surface area contributed by atoms with E-state index >= 15 is 0 Å². The van der Waals surface area contributed by atoms with Gasteiger partial charge in [-0.2, -0.15) is 26.3 Å². The minimum absolute atomic E-state index is 0.0519. The lowest BCUT2D eigenvalue weighted by atomic mass is 9.78. The number of para-hydroxylation sites is 1. The van der Waals surface area contributed by atoms with Crippen LogP contribution in [0.2, 0.25) is 0 Å². The molecule has 0 aliphatic heterocycles. The van der Waals surface area contributed by atoms with Crippen molar-refractivity contribution in [3.63, 3.8) is 0 Å². The topological polar surface area (TPSA) is 83.7 Å². The Balaban J connectivity index is 2.19. The lowest BCUT2D eigenvalue weighted by Gasteiger charge is -2.42. The highest BCUT2D eigenvalue weighted by molar-refractivity contribution is 6.10. The van der Waals surface area contributed by atoms with E-state index in [4.69, 9.17) is 4.42 Å². The van der Waals surface area contributed by atoms with E-state index in [1.165, 1.54) is 60.9 Å². The molecule has 0 aliphatic carbocycles. The van der Waals surface area contributed by atoms with E-state index in [-0.39, 0.29) is 11.4 Å². The second-order valence-corrected chi connectivity index (χ2v) is 7.95. The van der Waals surface area contributed by atoms with Gasteiger partial charge >= 0.3 is 12.4 Å². The number of alkyl halides is 6. The number of hydrogen-bond acceptors (Lipinski definition) is 4. The third kappa shape index (κ3) is 6.01. The van der Waals surface area contributed by atoms with E-state index in [9.17, 15) is 35.9 Å². The first kappa shape index (κ1) is 27.5. The van der Waals surface area contributed by atoms with E-state index in [0.29, 0.717) is 0 Å². The molecular weight excluding hydrogens is 504 g/mol. The number of nitrogens with one attached hydrogen (secondary N) is 2. The lowest BCUT2D eigenvalue weighted by Crippen LogP contribution is -2.74. The van der Waals surface area contributed by atoms with Gasteiger partial charge in [0.25, 0.3) is 5.91 Å². The predicted molar refractivity (Wildman–Crippen MR) is 123 cm³/mol. The van der Waals surface area contributed by atoms with Crippen LogP contribution in [0.25, 0.3) is 0 Å². The first-order chi connectivity index (χ1) is 17.4. The van der Waals surface area contributed by atoms with Gasteiger partial charge in [-0.25, -0.2) is 0 Å². The monoisotopic (exact) mass is 525 g/mol. The van der Waals surface area contributed by atoms with Gasteiger partial charge in [0, 0.05) is 17.0 Å². The van der Waals surface area contributed by atoms with Crippen LogP contribution in [0.15, 0.2) is 88.5 Å². The number of halogens is 6. The Morgan fingerprint density at radius 1 is 0.865 bits per heavy atom. The summed E-state index contributed by atoms with van der Waals surface area (Å²) in [5.74, 6) is -6.24. The van der Waals surface area contributed by atoms with Gasteiger partial charge in [-0.3, -0.25) is 14.6 Å². The number of hydrogen-bond donors (Lipinski definition) is 2. The summed E-state index contributed by atoms with van der Waals surface area (Å²) in [5.41, 5.74) is -6.37. The summed E-state index contributed by atoms with van der Waals surface area (Å²) < 4.78 is 92.5. The van der Waals surface area contributed by atoms with Crippen molar-refractivity contribution in [1.82, 2.24) is 5.32 Å². The van der Waals surface area contributed by atoms with Gasteiger partial charge in [0.2, 0.25) is 11.4 Å². The second kappa shape index (κ2) is 10.9. The zero-order valence-corrected chi connectivity index (χ0v) is 19.2. The van der Waals surface area contributed by atoms with Crippen molar-refractivity contribution >= 4 is 23.2 Å². The molecule has 12 heteroatoms. The van der Waals surface area contributed by atoms with Gasteiger partial charge < -0.3 is 15.1 Å². The van der Waals surface area contributed by atoms with E-state index in [1.807, 2.05) is 0 Å². The minimum Gasteiger partial charge on any atom is -0.467 e. The molecule has 0 spiro atoms. The highest BCUT2D eigenvalue weighted by Gasteiger charge is 2.77. The molecule has 1 aromatic heterocycles. The lowest BCUT2D eigenvalue weighted by molar-refractivity contribution is -0.310. The molecule has 196 valence electrons. The van der Waals surface area contributed by atoms with Crippen molar-refractivity contribution in [2.45, 2.75) is 31.4 Å². The Hall–Kier alpha value is -4.09. The van der Waals surface area contributed by atoms with Gasteiger partial charge in [-0.05, 0) is 43.3 Å². The quantitative estimate of drug-likeness (QED) is 0.289. The van der Waals surface area contributed by atoms with Crippen molar-refractivity contribution in [1.29, 1.82) is 0 Å².